The van der Waals surface area contributed by atoms with Crippen LogP contribution in [0.1, 0.15) is 29.3 Å². The third-order valence-corrected chi connectivity index (χ3v) is 3.54. The molecule has 116 valence electrons. The third-order valence-electron chi connectivity index (χ3n) is 3.54. The molecule has 2 aromatic rings. The first-order chi connectivity index (χ1) is 10.5. The Morgan fingerprint density at radius 2 is 1.77 bits per heavy atom. The van der Waals surface area contributed by atoms with Gasteiger partial charge < -0.3 is 10.4 Å². The number of nitrogens with one attached hydrogen (secondary N) is 1. The third kappa shape index (κ3) is 4.67. The Bertz CT molecular complexity index is 626. The minimum Gasteiger partial charge on any atom is -0.388 e. The number of halogens is 1. The van der Waals surface area contributed by atoms with Crippen LogP contribution in [0, 0.1) is 5.82 Å². The monoisotopic (exact) mass is 301 g/mol. The maximum atomic E-state index is 13.5. The fraction of sp³-hybridized carbons (Fsp3) is 0.278. The Morgan fingerprint density at radius 1 is 1.14 bits per heavy atom. The zero-order chi connectivity index (χ0) is 16.0. The number of benzene rings is 2. The standard InChI is InChI=1S/C18H20FNO2/c1-18(22,12-11-14-7-3-2-4-8-14)13-20-17(21)15-9-5-6-10-16(15)19/h2-10,22H,11-13H2,1H3,(H,20,21). The second-order valence-electron chi connectivity index (χ2n) is 5.65. The number of hydrogen-bond donors (Lipinski definition) is 2. The van der Waals surface area contributed by atoms with Crippen LogP contribution in [0.5, 0.6) is 0 Å². The molecule has 0 saturated carbocycles. The average Bonchev–Trinajstić information content (AvgIpc) is 2.52. The van der Waals surface area contributed by atoms with E-state index < -0.39 is 17.3 Å². The van der Waals surface area contributed by atoms with Crippen LogP contribution in [0.2, 0.25) is 0 Å². The lowest BCUT2D eigenvalue weighted by Gasteiger charge is -2.23. The van der Waals surface area contributed by atoms with Gasteiger partial charge in [0.15, 0.2) is 0 Å². The summed E-state index contributed by atoms with van der Waals surface area (Å²) in [6, 6.07) is 15.6. The number of amides is 1. The number of aliphatic hydroxyl groups is 1. The van der Waals surface area contributed by atoms with Gasteiger partial charge in [0.25, 0.3) is 5.91 Å². The summed E-state index contributed by atoms with van der Waals surface area (Å²) >= 11 is 0. The molecule has 1 unspecified atom stereocenters. The Balaban J connectivity index is 1.87. The summed E-state index contributed by atoms with van der Waals surface area (Å²) < 4.78 is 13.5. The second-order valence-corrected chi connectivity index (χ2v) is 5.65. The van der Waals surface area contributed by atoms with Gasteiger partial charge in [-0.25, -0.2) is 4.39 Å². The van der Waals surface area contributed by atoms with Crippen LogP contribution in [0.4, 0.5) is 4.39 Å². The van der Waals surface area contributed by atoms with Crippen molar-refractivity contribution in [2.24, 2.45) is 0 Å². The van der Waals surface area contributed by atoms with Gasteiger partial charge in [-0.1, -0.05) is 42.5 Å². The minimum atomic E-state index is -1.04. The van der Waals surface area contributed by atoms with Crippen molar-refractivity contribution in [3.63, 3.8) is 0 Å². The lowest BCUT2D eigenvalue weighted by atomic mass is 9.96. The van der Waals surface area contributed by atoms with Gasteiger partial charge in [0.05, 0.1) is 11.2 Å². The molecule has 4 heteroatoms. The van der Waals surface area contributed by atoms with E-state index in [0.717, 1.165) is 5.56 Å². The van der Waals surface area contributed by atoms with Crippen molar-refractivity contribution in [3.05, 3.63) is 71.5 Å². The highest BCUT2D eigenvalue weighted by Crippen LogP contribution is 2.14. The van der Waals surface area contributed by atoms with Gasteiger partial charge in [0.1, 0.15) is 5.82 Å². The molecule has 0 fully saturated rings. The van der Waals surface area contributed by atoms with Gasteiger partial charge >= 0.3 is 0 Å². The molecule has 0 spiro atoms. The maximum absolute atomic E-state index is 13.5. The molecular formula is C18H20FNO2. The summed E-state index contributed by atoms with van der Waals surface area (Å²) in [7, 11) is 0. The largest absolute Gasteiger partial charge is 0.388 e. The zero-order valence-corrected chi connectivity index (χ0v) is 12.6. The fourth-order valence-corrected chi connectivity index (χ4v) is 2.16. The minimum absolute atomic E-state index is 0.0126. The van der Waals surface area contributed by atoms with E-state index in [0.29, 0.717) is 12.8 Å². The Hall–Kier alpha value is -2.20. The number of aryl methyl sites for hydroxylation is 1. The normalized spacial score (nSPS) is 13.4. The molecule has 3 nitrogen and oxygen atoms in total. The van der Waals surface area contributed by atoms with Crippen LogP contribution in [-0.4, -0.2) is 23.2 Å². The molecule has 0 radical (unpaired) electrons. The molecule has 1 amide bonds. The molecule has 2 rings (SSSR count). The van der Waals surface area contributed by atoms with Crippen molar-refractivity contribution in [2.75, 3.05) is 6.54 Å². The first-order valence-electron chi connectivity index (χ1n) is 7.27. The van der Waals surface area contributed by atoms with Crippen LogP contribution in [0.25, 0.3) is 0 Å². The van der Waals surface area contributed by atoms with E-state index in [1.165, 1.54) is 18.2 Å². The number of rotatable bonds is 6. The summed E-state index contributed by atoms with van der Waals surface area (Å²) in [5.41, 5.74) is 0.0705. The summed E-state index contributed by atoms with van der Waals surface area (Å²) in [4.78, 5) is 11.9. The molecule has 2 N–H and O–H groups in total. The van der Waals surface area contributed by atoms with Gasteiger partial charge in [-0.2, -0.15) is 0 Å². The first kappa shape index (κ1) is 16.2. The van der Waals surface area contributed by atoms with Gasteiger partial charge in [-0.3, -0.25) is 4.79 Å². The van der Waals surface area contributed by atoms with Crippen molar-refractivity contribution < 1.29 is 14.3 Å². The summed E-state index contributed by atoms with van der Waals surface area (Å²) in [6.07, 6.45) is 1.22. The average molecular weight is 301 g/mol. The van der Waals surface area contributed by atoms with Crippen LogP contribution >= 0.6 is 0 Å². The molecule has 0 aliphatic heterocycles. The second kappa shape index (κ2) is 7.18. The van der Waals surface area contributed by atoms with Crippen molar-refractivity contribution >= 4 is 5.91 Å². The quantitative estimate of drug-likeness (QED) is 0.862. The fourth-order valence-electron chi connectivity index (χ4n) is 2.16. The van der Waals surface area contributed by atoms with Crippen LogP contribution in [-0.2, 0) is 6.42 Å². The Labute approximate surface area is 129 Å². The Morgan fingerprint density at radius 3 is 2.45 bits per heavy atom. The predicted octanol–water partition coefficient (Wildman–Crippen LogP) is 2.94. The molecular weight excluding hydrogens is 281 g/mol. The van der Waals surface area contributed by atoms with Gasteiger partial charge in [0.2, 0.25) is 0 Å². The van der Waals surface area contributed by atoms with Crippen LogP contribution in [0.15, 0.2) is 54.6 Å². The number of carbonyl (C=O) groups excluding carboxylic acids is 1. The van der Waals surface area contributed by atoms with Gasteiger partial charge in [-0.15, -0.1) is 0 Å². The molecule has 0 aliphatic carbocycles. The van der Waals surface area contributed by atoms with E-state index >= 15 is 0 Å². The molecule has 22 heavy (non-hydrogen) atoms. The topological polar surface area (TPSA) is 49.3 Å². The van der Waals surface area contributed by atoms with Crippen molar-refractivity contribution in [3.8, 4) is 0 Å². The van der Waals surface area contributed by atoms with Crippen molar-refractivity contribution in [1.29, 1.82) is 0 Å². The lowest BCUT2D eigenvalue weighted by Crippen LogP contribution is -2.41. The Kier molecular flexibility index (Phi) is 5.28. The molecule has 0 bridgehead atoms. The zero-order valence-electron chi connectivity index (χ0n) is 12.6. The summed E-state index contributed by atoms with van der Waals surface area (Å²) in [6.45, 7) is 1.74. The van der Waals surface area contributed by atoms with E-state index in [9.17, 15) is 14.3 Å². The molecule has 0 aliphatic rings. The van der Waals surface area contributed by atoms with E-state index in [1.54, 1.807) is 13.0 Å². The van der Waals surface area contributed by atoms with Crippen LogP contribution < -0.4 is 5.32 Å². The maximum Gasteiger partial charge on any atom is 0.254 e. The van der Waals surface area contributed by atoms with E-state index in [4.69, 9.17) is 0 Å². The number of hydrogen-bond acceptors (Lipinski definition) is 2. The smallest absolute Gasteiger partial charge is 0.254 e. The molecule has 1 atom stereocenters. The van der Waals surface area contributed by atoms with E-state index in [2.05, 4.69) is 5.32 Å². The van der Waals surface area contributed by atoms with Crippen molar-refractivity contribution in [2.45, 2.75) is 25.4 Å². The van der Waals surface area contributed by atoms with E-state index in [1.807, 2.05) is 30.3 Å². The molecule has 0 saturated heterocycles. The van der Waals surface area contributed by atoms with Crippen molar-refractivity contribution in [1.82, 2.24) is 5.32 Å². The highest BCUT2D eigenvalue weighted by Gasteiger charge is 2.22. The molecule has 0 aromatic heterocycles. The molecule has 0 heterocycles. The summed E-state index contributed by atoms with van der Waals surface area (Å²) in [5.74, 6) is -1.08. The summed E-state index contributed by atoms with van der Waals surface area (Å²) in [5, 5.41) is 12.9. The SMILES string of the molecule is CC(O)(CCc1ccccc1)CNC(=O)c1ccccc1F. The number of carbonyl (C=O) groups is 1. The highest BCUT2D eigenvalue weighted by molar-refractivity contribution is 5.94. The lowest BCUT2D eigenvalue weighted by molar-refractivity contribution is 0.0477. The molecule has 2 aromatic carbocycles. The van der Waals surface area contributed by atoms with E-state index in [-0.39, 0.29) is 12.1 Å². The van der Waals surface area contributed by atoms with Gasteiger partial charge in [0, 0.05) is 6.54 Å². The van der Waals surface area contributed by atoms with Gasteiger partial charge in [-0.05, 0) is 37.5 Å². The highest BCUT2D eigenvalue weighted by atomic mass is 19.1. The first-order valence-corrected chi connectivity index (χ1v) is 7.27. The van der Waals surface area contributed by atoms with Crippen LogP contribution in [0.3, 0.4) is 0 Å². The predicted molar refractivity (Wildman–Crippen MR) is 84.1 cm³/mol.